The molecule has 9 nitrogen and oxygen atoms in total. The van der Waals surface area contributed by atoms with Gasteiger partial charge in [-0.2, -0.15) is 0 Å². The van der Waals surface area contributed by atoms with Crippen molar-refractivity contribution in [2.75, 3.05) is 30.8 Å². The van der Waals surface area contributed by atoms with Gasteiger partial charge in [0, 0.05) is 12.6 Å². The number of hydrogen-bond acceptors (Lipinski definition) is 6. The van der Waals surface area contributed by atoms with Crippen molar-refractivity contribution in [1.82, 2.24) is 10.2 Å². The first-order valence-electron chi connectivity index (χ1n) is 11.9. The Balaban J connectivity index is 2.50. The fraction of sp³-hybridized carbons (Fsp3) is 0.462. The van der Waals surface area contributed by atoms with Crippen LogP contribution in [0.2, 0.25) is 0 Å². The molecular formula is C26H37N3O6S. The molecule has 0 aromatic heterocycles. The van der Waals surface area contributed by atoms with Gasteiger partial charge in [-0.25, -0.2) is 8.42 Å². The van der Waals surface area contributed by atoms with Gasteiger partial charge in [0.25, 0.3) is 0 Å². The number of para-hydroxylation sites is 2. The first-order chi connectivity index (χ1) is 17.0. The zero-order valence-electron chi connectivity index (χ0n) is 21.9. The molecular weight excluding hydrogens is 482 g/mol. The van der Waals surface area contributed by atoms with Gasteiger partial charge in [0.05, 0.1) is 25.7 Å². The third-order valence-electron chi connectivity index (χ3n) is 5.42. The van der Waals surface area contributed by atoms with Gasteiger partial charge in [-0.3, -0.25) is 13.9 Å². The minimum atomic E-state index is -3.86. The Hall–Kier alpha value is -3.27. The number of methoxy groups -OCH3 is 1. The first kappa shape index (κ1) is 29.0. The lowest BCUT2D eigenvalue weighted by Gasteiger charge is -2.33. The molecule has 0 aliphatic rings. The smallest absolute Gasteiger partial charge is 0.244 e. The average Bonchev–Trinajstić information content (AvgIpc) is 2.82. The van der Waals surface area contributed by atoms with E-state index in [0.717, 1.165) is 16.1 Å². The molecule has 36 heavy (non-hydrogen) atoms. The van der Waals surface area contributed by atoms with Gasteiger partial charge in [-0.15, -0.1) is 0 Å². The van der Waals surface area contributed by atoms with E-state index in [1.807, 2.05) is 26.8 Å². The van der Waals surface area contributed by atoms with E-state index in [1.54, 1.807) is 56.5 Å². The summed E-state index contributed by atoms with van der Waals surface area (Å²) in [6.07, 6.45) is 1.39. The van der Waals surface area contributed by atoms with Crippen LogP contribution in [-0.4, -0.2) is 63.7 Å². The van der Waals surface area contributed by atoms with Crippen LogP contribution in [0.15, 0.2) is 48.5 Å². The summed E-state index contributed by atoms with van der Waals surface area (Å²) in [5.41, 5.74) is 1.01. The van der Waals surface area contributed by atoms with Crippen molar-refractivity contribution >= 4 is 27.5 Å². The van der Waals surface area contributed by atoms with Crippen molar-refractivity contribution in [1.29, 1.82) is 0 Å². The SMILES string of the molecule is CCOc1ccccc1N(CC(=O)N(Cc1cccc(OC)c1)[C@@H](CC)C(=O)NC(C)C)S(C)(=O)=O. The highest BCUT2D eigenvalue weighted by Gasteiger charge is 2.32. The maximum atomic E-state index is 13.8. The molecule has 0 spiro atoms. The molecule has 2 rings (SSSR count). The Bertz CT molecular complexity index is 1140. The maximum absolute atomic E-state index is 13.8. The number of anilines is 1. The molecule has 0 saturated heterocycles. The van der Waals surface area contributed by atoms with Gasteiger partial charge in [0.15, 0.2) is 0 Å². The molecule has 10 heteroatoms. The molecule has 0 heterocycles. The third-order valence-corrected chi connectivity index (χ3v) is 6.54. The predicted octanol–water partition coefficient (Wildman–Crippen LogP) is 3.19. The van der Waals surface area contributed by atoms with Crippen molar-refractivity contribution in [3.8, 4) is 11.5 Å². The van der Waals surface area contributed by atoms with E-state index in [2.05, 4.69) is 5.32 Å². The van der Waals surface area contributed by atoms with Crippen molar-refractivity contribution in [3.05, 3.63) is 54.1 Å². The number of rotatable bonds is 13. The van der Waals surface area contributed by atoms with Gasteiger partial charge in [0.2, 0.25) is 21.8 Å². The Morgan fingerprint density at radius 3 is 2.33 bits per heavy atom. The highest BCUT2D eigenvalue weighted by Crippen LogP contribution is 2.30. The molecule has 2 aromatic carbocycles. The second kappa shape index (κ2) is 13.2. The van der Waals surface area contributed by atoms with Crippen LogP contribution in [0.3, 0.4) is 0 Å². The fourth-order valence-electron chi connectivity index (χ4n) is 3.80. The number of carbonyl (C=O) groups excluding carboxylic acids is 2. The quantitative estimate of drug-likeness (QED) is 0.436. The number of benzene rings is 2. The summed E-state index contributed by atoms with van der Waals surface area (Å²) in [7, 11) is -2.31. The average molecular weight is 520 g/mol. The van der Waals surface area contributed by atoms with Crippen LogP contribution in [-0.2, 0) is 26.2 Å². The summed E-state index contributed by atoms with van der Waals surface area (Å²) >= 11 is 0. The topological polar surface area (TPSA) is 105 Å². The largest absolute Gasteiger partial charge is 0.497 e. The standard InChI is InChI=1S/C26H37N3O6S/c1-7-22(26(31)27-19(3)4)28(17-20-12-11-13-21(16-20)34-5)25(30)18-29(36(6,32)33)23-14-9-10-15-24(23)35-8-2/h9-16,19,22H,7-8,17-18H2,1-6H3,(H,27,31)/t22-/m0/s1. The van der Waals surface area contributed by atoms with E-state index >= 15 is 0 Å². The van der Waals surface area contributed by atoms with Gasteiger partial charge < -0.3 is 19.7 Å². The predicted molar refractivity (Wildman–Crippen MR) is 141 cm³/mol. The summed E-state index contributed by atoms with van der Waals surface area (Å²) in [5, 5.41) is 2.87. The molecule has 0 bridgehead atoms. The van der Waals surface area contributed by atoms with Gasteiger partial charge >= 0.3 is 0 Å². The van der Waals surface area contributed by atoms with Crippen LogP contribution >= 0.6 is 0 Å². The number of carbonyl (C=O) groups is 2. The van der Waals surface area contributed by atoms with Crippen LogP contribution in [0.4, 0.5) is 5.69 Å². The third kappa shape index (κ3) is 7.87. The second-order valence-corrected chi connectivity index (χ2v) is 10.5. The highest BCUT2D eigenvalue weighted by molar-refractivity contribution is 7.92. The summed E-state index contributed by atoms with van der Waals surface area (Å²) in [6.45, 7) is 7.24. The number of amides is 2. The van der Waals surface area contributed by atoms with Crippen LogP contribution in [0, 0.1) is 0 Å². The van der Waals surface area contributed by atoms with Crippen molar-refractivity contribution in [2.45, 2.75) is 52.7 Å². The minimum Gasteiger partial charge on any atom is -0.497 e. The van der Waals surface area contributed by atoms with E-state index in [9.17, 15) is 18.0 Å². The molecule has 0 fully saturated rings. The molecule has 0 saturated carbocycles. The zero-order valence-corrected chi connectivity index (χ0v) is 22.7. The van der Waals surface area contributed by atoms with Crippen LogP contribution in [0.5, 0.6) is 11.5 Å². The molecule has 2 amide bonds. The Morgan fingerprint density at radius 2 is 1.75 bits per heavy atom. The molecule has 0 aliphatic heterocycles. The molecule has 198 valence electrons. The second-order valence-electron chi connectivity index (χ2n) is 8.63. The monoisotopic (exact) mass is 519 g/mol. The Labute approximate surface area is 214 Å². The molecule has 1 N–H and O–H groups in total. The molecule has 1 atom stereocenters. The van der Waals surface area contributed by atoms with Crippen LogP contribution < -0.4 is 19.1 Å². The summed E-state index contributed by atoms with van der Waals surface area (Å²) < 4.78 is 37.6. The first-order valence-corrected chi connectivity index (χ1v) is 13.8. The van der Waals surface area contributed by atoms with E-state index in [0.29, 0.717) is 24.5 Å². The number of ether oxygens (including phenoxy) is 2. The van der Waals surface area contributed by atoms with E-state index in [-0.39, 0.29) is 24.2 Å². The van der Waals surface area contributed by atoms with E-state index in [1.165, 1.54) is 4.90 Å². The fourth-order valence-corrected chi connectivity index (χ4v) is 4.66. The molecule has 0 unspecified atom stereocenters. The lowest BCUT2D eigenvalue weighted by atomic mass is 10.1. The van der Waals surface area contributed by atoms with Gasteiger partial charge in [-0.05, 0) is 57.0 Å². The number of nitrogens with one attached hydrogen (secondary N) is 1. The summed E-state index contributed by atoms with van der Waals surface area (Å²) in [4.78, 5) is 28.2. The summed E-state index contributed by atoms with van der Waals surface area (Å²) in [6, 6.07) is 12.9. The van der Waals surface area contributed by atoms with Crippen LogP contribution in [0.1, 0.15) is 39.7 Å². The normalized spacial score (nSPS) is 12.1. The molecule has 0 aliphatic carbocycles. The Kier molecular flexibility index (Phi) is 10.6. The van der Waals surface area contributed by atoms with Gasteiger partial charge in [0.1, 0.15) is 24.1 Å². The van der Waals surface area contributed by atoms with Gasteiger partial charge in [-0.1, -0.05) is 31.2 Å². The molecule has 0 radical (unpaired) electrons. The van der Waals surface area contributed by atoms with Crippen molar-refractivity contribution in [3.63, 3.8) is 0 Å². The summed E-state index contributed by atoms with van der Waals surface area (Å²) in [5.74, 6) is 0.148. The molecule has 2 aromatic rings. The van der Waals surface area contributed by atoms with Crippen molar-refractivity contribution in [2.24, 2.45) is 0 Å². The maximum Gasteiger partial charge on any atom is 0.244 e. The van der Waals surface area contributed by atoms with E-state index < -0.39 is 28.5 Å². The number of hydrogen-bond donors (Lipinski definition) is 1. The minimum absolute atomic E-state index is 0.102. The lowest BCUT2D eigenvalue weighted by molar-refractivity contribution is -0.140. The zero-order chi connectivity index (χ0) is 26.9. The Morgan fingerprint density at radius 1 is 1.06 bits per heavy atom. The lowest BCUT2D eigenvalue weighted by Crippen LogP contribution is -2.53. The van der Waals surface area contributed by atoms with E-state index in [4.69, 9.17) is 9.47 Å². The van der Waals surface area contributed by atoms with Crippen molar-refractivity contribution < 1.29 is 27.5 Å². The number of nitrogens with zero attached hydrogens (tertiary/aromatic N) is 2. The highest BCUT2D eigenvalue weighted by atomic mass is 32.2. The number of sulfonamides is 1. The van der Waals surface area contributed by atoms with Crippen LogP contribution in [0.25, 0.3) is 0 Å².